The Morgan fingerprint density at radius 1 is 1.47 bits per heavy atom. The number of anilines is 1. The standard InChI is InChI=1S/C12H17ClN2/c1-15(10-5-3-6-10)12-9(8-14)4-2-7-11(12)13/h2,4,7,10H,3,5-6,8,14H2,1H3. The summed E-state index contributed by atoms with van der Waals surface area (Å²) in [5, 5.41) is 0.812. The Kier molecular flexibility index (Phi) is 3.17. The molecule has 1 aromatic rings. The molecule has 1 saturated carbocycles. The second kappa shape index (κ2) is 4.42. The van der Waals surface area contributed by atoms with Crippen LogP contribution in [-0.2, 0) is 6.54 Å². The maximum atomic E-state index is 6.23. The molecule has 2 rings (SSSR count). The van der Waals surface area contributed by atoms with E-state index in [1.807, 2.05) is 12.1 Å². The monoisotopic (exact) mass is 224 g/mol. The Morgan fingerprint density at radius 3 is 2.73 bits per heavy atom. The van der Waals surface area contributed by atoms with Gasteiger partial charge in [-0.3, -0.25) is 0 Å². The van der Waals surface area contributed by atoms with Crippen molar-refractivity contribution in [3.05, 3.63) is 28.8 Å². The minimum atomic E-state index is 0.549. The van der Waals surface area contributed by atoms with Gasteiger partial charge in [0.2, 0.25) is 0 Å². The predicted molar refractivity (Wildman–Crippen MR) is 65.4 cm³/mol. The first-order chi connectivity index (χ1) is 7.24. The molecule has 3 heteroatoms. The molecule has 0 radical (unpaired) electrons. The summed E-state index contributed by atoms with van der Waals surface area (Å²) in [5.41, 5.74) is 7.98. The van der Waals surface area contributed by atoms with Gasteiger partial charge in [-0.05, 0) is 30.9 Å². The van der Waals surface area contributed by atoms with Gasteiger partial charge in [0.15, 0.2) is 0 Å². The molecular formula is C12H17ClN2. The zero-order valence-electron chi connectivity index (χ0n) is 9.04. The fourth-order valence-corrected chi connectivity index (χ4v) is 2.40. The van der Waals surface area contributed by atoms with Crippen molar-refractivity contribution >= 4 is 17.3 Å². The highest BCUT2D eigenvalue weighted by Crippen LogP contribution is 2.35. The third-order valence-corrected chi connectivity index (χ3v) is 3.57. The third kappa shape index (κ3) is 1.97. The van der Waals surface area contributed by atoms with Crippen LogP contribution < -0.4 is 10.6 Å². The Bertz CT molecular complexity index is 347. The molecule has 2 nitrogen and oxygen atoms in total. The molecule has 1 aliphatic rings. The van der Waals surface area contributed by atoms with Crippen LogP contribution in [0.4, 0.5) is 5.69 Å². The summed E-state index contributed by atoms with van der Waals surface area (Å²) in [4.78, 5) is 2.29. The van der Waals surface area contributed by atoms with Crippen LogP contribution >= 0.6 is 11.6 Å². The molecule has 0 aliphatic heterocycles. The maximum absolute atomic E-state index is 6.23. The SMILES string of the molecule is CN(c1c(Cl)cccc1CN)C1CCC1. The molecule has 0 bridgehead atoms. The molecule has 1 aliphatic carbocycles. The Labute approximate surface area is 96.0 Å². The topological polar surface area (TPSA) is 29.3 Å². The smallest absolute Gasteiger partial charge is 0.0642 e. The summed E-state index contributed by atoms with van der Waals surface area (Å²) in [6.45, 7) is 0.549. The van der Waals surface area contributed by atoms with Gasteiger partial charge in [0.05, 0.1) is 10.7 Å². The van der Waals surface area contributed by atoms with Gasteiger partial charge in [0, 0.05) is 19.6 Å². The van der Waals surface area contributed by atoms with E-state index in [0.29, 0.717) is 12.6 Å². The van der Waals surface area contributed by atoms with Crippen LogP contribution in [0.2, 0.25) is 5.02 Å². The summed E-state index contributed by atoms with van der Waals surface area (Å²) in [7, 11) is 2.12. The van der Waals surface area contributed by atoms with Crippen molar-refractivity contribution in [1.82, 2.24) is 0 Å². The lowest BCUT2D eigenvalue weighted by molar-refractivity contribution is 0.400. The Morgan fingerprint density at radius 2 is 2.20 bits per heavy atom. The van der Waals surface area contributed by atoms with E-state index in [0.717, 1.165) is 16.3 Å². The van der Waals surface area contributed by atoms with Gasteiger partial charge in [-0.2, -0.15) is 0 Å². The molecule has 0 heterocycles. The second-order valence-electron chi connectivity index (χ2n) is 4.15. The van der Waals surface area contributed by atoms with Crippen LogP contribution in [-0.4, -0.2) is 13.1 Å². The number of rotatable bonds is 3. The van der Waals surface area contributed by atoms with Crippen LogP contribution in [0.15, 0.2) is 18.2 Å². The molecule has 2 N–H and O–H groups in total. The van der Waals surface area contributed by atoms with Gasteiger partial charge in [-0.25, -0.2) is 0 Å². The summed E-state index contributed by atoms with van der Waals surface area (Å²) in [6, 6.07) is 6.60. The number of hydrogen-bond donors (Lipinski definition) is 1. The normalized spacial score (nSPS) is 16.2. The average molecular weight is 225 g/mol. The van der Waals surface area contributed by atoms with Crippen molar-refractivity contribution < 1.29 is 0 Å². The number of halogens is 1. The summed E-state index contributed by atoms with van der Waals surface area (Å²) >= 11 is 6.23. The van der Waals surface area contributed by atoms with Crippen molar-refractivity contribution in [1.29, 1.82) is 0 Å². The molecule has 0 aromatic heterocycles. The van der Waals surface area contributed by atoms with Crippen molar-refractivity contribution in [2.75, 3.05) is 11.9 Å². The van der Waals surface area contributed by atoms with Gasteiger partial charge in [0.25, 0.3) is 0 Å². The molecule has 0 spiro atoms. The molecule has 1 aromatic carbocycles. The van der Waals surface area contributed by atoms with Crippen LogP contribution in [0.3, 0.4) is 0 Å². The van der Waals surface area contributed by atoms with Gasteiger partial charge < -0.3 is 10.6 Å². The van der Waals surface area contributed by atoms with E-state index in [-0.39, 0.29) is 0 Å². The Hall–Kier alpha value is -0.730. The van der Waals surface area contributed by atoms with Crippen molar-refractivity contribution in [2.45, 2.75) is 31.8 Å². The van der Waals surface area contributed by atoms with Gasteiger partial charge in [0.1, 0.15) is 0 Å². The highest BCUT2D eigenvalue weighted by atomic mass is 35.5. The molecule has 82 valence electrons. The molecule has 0 amide bonds. The predicted octanol–water partition coefficient (Wildman–Crippen LogP) is 2.79. The minimum Gasteiger partial charge on any atom is -0.370 e. The zero-order valence-corrected chi connectivity index (χ0v) is 9.80. The van der Waals surface area contributed by atoms with Crippen LogP contribution in [0.25, 0.3) is 0 Å². The Balaban J connectivity index is 2.31. The van der Waals surface area contributed by atoms with Gasteiger partial charge in [-0.15, -0.1) is 0 Å². The summed E-state index contributed by atoms with van der Waals surface area (Å²) in [6.07, 6.45) is 3.87. The lowest BCUT2D eigenvalue weighted by Gasteiger charge is -2.37. The molecule has 0 unspecified atom stereocenters. The first-order valence-electron chi connectivity index (χ1n) is 5.44. The molecule has 1 fully saturated rings. The number of hydrogen-bond acceptors (Lipinski definition) is 2. The zero-order chi connectivity index (χ0) is 10.8. The minimum absolute atomic E-state index is 0.549. The van der Waals surface area contributed by atoms with E-state index < -0.39 is 0 Å². The van der Waals surface area contributed by atoms with E-state index in [4.69, 9.17) is 17.3 Å². The molecule has 0 atom stereocenters. The first kappa shape index (κ1) is 10.8. The van der Waals surface area contributed by atoms with Gasteiger partial charge >= 0.3 is 0 Å². The van der Waals surface area contributed by atoms with Crippen LogP contribution in [0.5, 0.6) is 0 Å². The number of para-hydroxylation sites is 1. The van der Waals surface area contributed by atoms with E-state index >= 15 is 0 Å². The van der Waals surface area contributed by atoms with Crippen molar-refractivity contribution in [3.63, 3.8) is 0 Å². The van der Waals surface area contributed by atoms with Crippen LogP contribution in [0, 0.1) is 0 Å². The molecule has 15 heavy (non-hydrogen) atoms. The number of nitrogens with two attached hydrogens (primary N) is 1. The highest BCUT2D eigenvalue weighted by Gasteiger charge is 2.24. The fraction of sp³-hybridized carbons (Fsp3) is 0.500. The third-order valence-electron chi connectivity index (χ3n) is 3.27. The number of nitrogens with zero attached hydrogens (tertiary/aromatic N) is 1. The lowest BCUT2D eigenvalue weighted by atomic mass is 9.91. The summed E-state index contributed by atoms with van der Waals surface area (Å²) < 4.78 is 0. The van der Waals surface area contributed by atoms with Crippen LogP contribution in [0.1, 0.15) is 24.8 Å². The molecule has 0 saturated heterocycles. The van der Waals surface area contributed by atoms with Gasteiger partial charge in [-0.1, -0.05) is 23.7 Å². The lowest BCUT2D eigenvalue weighted by Crippen LogP contribution is -2.38. The second-order valence-corrected chi connectivity index (χ2v) is 4.55. The fourth-order valence-electron chi connectivity index (χ4n) is 2.08. The van der Waals surface area contributed by atoms with Crippen molar-refractivity contribution in [3.8, 4) is 0 Å². The highest BCUT2D eigenvalue weighted by molar-refractivity contribution is 6.33. The number of benzene rings is 1. The summed E-state index contributed by atoms with van der Waals surface area (Å²) in [5.74, 6) is 0. The van der Waals surface area contributed by atoms with Crippen molar-refractivity contribution in [2.24, 2.45) is 5.73 Å². The molecular weight excluding hydrogens is 208 g/mol. The van der Waals surface area contributed by atoms with E-state index in [1.54, 1.807) is 0 Å². The maximum Gasteiger partial charge on any atom is 0.0642 e. The largest absolute Gasteiger partial charge is 0.370 e. The average Bonchev–Trinajstić information content (AvgIpc) is 2.14. The van der Waals surface area contributed by atoms with E-state index in [1.165, 1.54) is 19.3 Å². The van der Waals surface area contributed by atoms with E-state index in [2.05, 4.69) is 18.0 Å². The quantitative estimate of drug-likeness (QED) is 0.856. The first-order valence-corrected chi connectivity index (χ1v) is 5.82. The van der Waals surface area contributed by atoms with E-state index in [9.17, 15) is 0 Å².